The molecule has 0 aliphatic rings. The van der Waals surface area contributed by atoms with E-state index in [1.54, 1.807) is 47.0 Å². The van der Waals surface area contributed by atoms with Crippen LogP contribution in [0.3, 0.4) is 0 Å². The minimum Gasteiger partial charge on any atom is -0.423 e. The Kier molecular flexibility index (Phi) is 21.9. The Morgan fingerprint density at radius 3 is 1.49 bits per heavy atom. The number of carbonyl (C=O) groups is 2. The van der Waals surface area contributed by atoms with Gasteiger partial charge in [0, 0.05) is 37.3 Å². The maximum atomic E-state index is 13.4. The highest BCUT2D eigenvalue weighted by Crippen LogP contribution is 2.32. The number of nitrogens with zero attached hydrogens (tertiary/aromatic N) is 4. The molecule has 16 heteroatoms. The summed E-state index contributed by atoms with van der Waals surface area (Å²) in [5.41, 5.74) is 12.7. The van der Waals surface area contributed by atoms with Crippen LogP contribution in [0.4, 0.5) is 0 Å². The number of halogens is 5. The summed E-state index contributed by atoms with van der Waals surface area (Å²) in [5, 5.41) is 19.6. The first-order valence-electron chi connectivity index (χ1n) is 25.9. The van der Waals surface area contributed by atoms with Gasteiger partial charge in [0.1, 0.15) is 11.6 Å². The third-order valence-corrected chi connectivity index (χ3v) is 14.0. The third-order valence-electron chi connectivity index (χ3n) is 12.7. The number of benzene rings is 8. The van der Waals surface area contributed by atoms with E-state index in [0.29, 0.717) is 38.0 Å². The number of aromatic nitrogens is 6. The van der Waals surface area contributed by atoms with Crippen LogP contribution in [0.25, 0.3) is 55.9 Å². The zero-order chi connectivity index (χ0) is 58.8. The van der Waals surface area contributed by atoms with Crippen LogP contribution in [0.15, 0.2) is 193 Å². The zero-order valence-electron chi connectivity index (χ0n) is 46.4. The van der Waals surface area contributed by atoms with Crippen LogP contribution in [0.1, 0.15) is 107 Å². The van der Waals surface area contributed by atoms with Gasteiger partial charge in [0.25, 0.3) is 11.1 Å². The molecule has 3 aromatic heterocycles. The zero-order valence-corrected chi connectivity index (χ0v) is 51.0. The first-order valence-corrected chi connectivity index (χ1v) is 28.2. The minimum absolute atomic E-state index is 0. The number of hydrogen-bond acceptors (Lipinski definition) is 7. The first kappa shape index (κ1) is 64.3. The molecule has 0 aliphatic heterocycles. The van der Waals surface area contributed by atoms with Crippen molar-refractivity contribution < 1.29 is 19.6 Å². The van der Waals surface area contributed by atoms with E-state index in [-0.39, 0.29) is 29.6 Å². The number of fused-ring (bicyclic) bond motifs is 3. The molecule has 82 heavy (non-hydrogen) atoms. The molecule has 8 aromatic carbocycles. The summed E-state index contributed by atoms with van der Waals surface area (Å²) in [5.74, 6) is 1.40. The van der Waals surface area contributed by atoms with E-state index in [2.05, 4.69) is 135 Å². The normalized spacial score (nSPS) is 11.2. The van der Waals surface area contributed by atoms with Crippen molar-refractivity contribution in [1.29, 1.82) is 0 Å². The van der Waals surface area contributed by atoms with E-state index < -0.39 is 12.4 Å². The Labute approximate surface area is 509 Å². The second kappa shape index (κ2) is 27.9. The van der Waals surface area contributed by atoms with Crippen LogP contribution in [-0.2, 0) is 16.2 Å². The van der Waals surface area contributed by atoms with Crippen molar-refractivity contribution in [2.75, 3.05) is 0 Å². The highest BCUT2D eigenvalue weighted by atomic mass is 79.9. The van der Waals surface area contributed by atoms with Gasteiger partial charge in [-0.1, -0.05) is 214 Å². The lowest BCUT2D eigenvalue weighted by Gasteiger charge is -2.19. The summed E-state index contributed by atoms with van der Waals surface area (Å²) in [6.07, 6.45) is 0. The number of rotatable bonds is 5. The van der Waals surface area contributed by atoms with Gasteiger partial charge in [-0.15, -0.1) is 0 Å². The molecular formula is C66H66BBrCl4N6O4. The molecule has 0 radical (unpaired) electrons. The molecule has 4 N–H and O–H groups in total. The molecule has 3 heterocycles. The predicted molar refractivity (Wildman–Crippen MR) is 347 cm³/mol. The Balaban J connectivity index is 0.000000175. The van der Waals surface area contributed by atoms with E-state index in [4.69, 9.17) is 61.4 Å². The highest BCUT2D eigenvalue weighted by Gasteiger charge is 2.23. The molecule has 0 aliphatic carbocycles. The monoisotopic (exact) mass is 1240 g/mol. The van der Waals surface area contributed by atoms with Crippen molar-refractivity contribution in [2.24, 2.45) is 0 Å². The van der Waals surface area contributed by atoms with Crippen LogP contribution in [0.5, 0.6) is 0 Å². The highest BCUT2D eigenvalue weighted by molar-refractivity contribution is 9.10. The van der Waals surface area contributed by atoms with E-state index in [9.17, 15) is 9.59 Å². The molecule has 0 fully saturated rings. The van der Waals surface area contributed by atoms with Gasteiger partial charge in [0.15, 0.2) is 4.73 Å². The van der Waals surface area contributed by atoms with Gasteiger partial charge in [0.05, 0.1) is 33.1 Å². The van der Waals surface area contributed by atoms with E-state index in [1.807, 2.05) is 109 Å². The second-order valence-electron chi connectivity index (χ2n) is 22.1. The lowest BCUT2D eigenvalue weighted by atomic mass is 9.76. The van der Waals surface area contributed by atoms with E-state index >= 15 is 0 Å². The van der Waals surface area contributed by atoms with Crippen LogP contribution in [0.2, 0.25) is 15.1 Å². The molecule has 0 spiro atoms. The fourth-order valence-corrected chi connectivity index (χ4v) is 9.27. The number of hydrogen-bond donors (Lipinski definition) is 4. The first-order chi connectivity index (χ1) is 38.2. The van der Waals surface area contributed by atoms with Crippen molar-refractivity contribution in [3.8, 4) is 22.8 Å². The Morgan fingerprint density at radius 2 is 0.963 bits per heavy atom. The van der Waals surface area contributed by atoms with Gasteiger partial charge < -0.3 is 20.0 Å². The number of carbonyl (C=O) groups excluding carboxylic acids is 2. The standard InChI is InChI=1S/C24H21ClN2O.C17H17ClN2.C10H15BO2.C7H4BrClN2.C7H5ClO.CH4/c1-24(2,3)18-11-7-10-17(14-18)22-26-20-15-19(25)12-13-21(20)27(22)23(28)16-8-5-4-6-9-16;1-17(2,3)12-6-4-5-11(9-12)16-19-14-8-7-13(18)10-15(14)20-16;1-10(2,3)8-5-4-6-9(7-8)11(12)13;8-7-10-5-2-1-4(9)3-6(5)11-7;8-7(9)6-4-2-1-3-5-6;/h4-15H,1-3H3;4-10H,1-3H3,(H,19,20);4-7,12-13H,1-3H3;1-3H,(H,10,11);1-5H;1H4. The third kappa shape index (κ3) is 17.3. The topological polar surface area (TPSA) is 150 Å². The molecule has 0 saturated carbocycles. The number of aromatic amines is 2. The van der Waals surface area contributed by atoms with Crippen molar-refractivity contribution in [2.45, 2.75) is 86.0 Å². The van der Waals surface area contributed by atoms with Crippen molar-refractivity contribution in [1.82, 2.24) is 29.5 Å². The number of imidazole rings is 3. The van der Waals surface area contributed by atoms with Gasteiger partial charge in [-0.3, -0.25) is 14.2 Å². The minimum atomic E-state index is -1.37. The van der Waals surface area contributed by atoms with Gasteiger partial charge >= 0.3 is 7.12 Å². The molecule has 0 amide bonds. The second-order valence-corrected chi connectivity index (χ2v) is 24.5. The summed E-state index contributed by atoms with van der Waals surface area (Å²) in [6.45, 7) is 19.4. The van der Waals surface area contributed by atoms with Gasteiger partial charge in [-0.05, 0) is 145 Å². The summed E-state index contributed by atoms with van der Waals surface area (Å²) >= 11 is 26.4. The van der Waals surface area contributed by atoms with Gasteiger partial charge in [-0.2, -0.15) is 0 Å². The van der Waals surface area contributed by atoms with E-state index in [0.717, 1.165) is 59.9 Å². The summed E-state index contributed by atoms with van der Waals surface area (Å²) in [4.78, 5) is 43.7. The Morgan fingerprint density at radius 1 is 0.500 bits per heavy atom. The Bertz CT molecular complexity index is 3940. The molecule has 11 aromatic rings. The fourth-order valence-electron chi connectivity index (χ4n) is 8.22. The maximum Gasteiger partial charge on any atom is 0.488 e. The van der Waals surface area contributed by atoms with Crippen molar-refractivity contribution in [3.05, 3.63) is 236 Å². The Hall–Kier alpha value is -6.87. The van der Waals surface area contributed by atoms with Gasteiger partial charge in [-0.25, -0.2) is 15.0 Å². The van der Waals surface area contributed by atoms with Crippen LogP contribution in [0, 0.1) is 0 Å². The number of nitrogens with one attached hydrogen (secondary N) is 2. The van der Waals surface area contributed by atoms with E-state index in [1.165, 1.54) is 11.1 Å². The molecule has 10 nitrogen and oxygen atoms in total. The molecule has 0 atom stereocenters. The average molecular weight is 1240 g/mol. The van der Waals surface area contributed by atoms with Crippen LogP contribution >= 0.6 is 62.3 Å². The maximum absolute atomic E-state index is 13.4. The lowest BCUT2D eigenvalue weighted by molar-refractivity contribution is 0.0965. The molecular weight excluding hydrogens is 1170 g/mol. The smallest absolute Gasteiger partial charge is 0.423 e. The molecule has 422 valence electrons. The predicted octanol–water partition coefficient (Wildman–Crippen LogP) is 17.9. The SMILES string of the molecule is C.CC(C)(C)c1cccc(-c2nc3cc(Cl)ccc3n2C(=O)c2ccccc2)c1.CC(C)(C)c1cccc(-c2nc3ccc(Cl)cc3[nH]2)c1.CC(C)(C)c1cccc(B(O)O)c1.Clc1ccc2nc(Br)[nH]c2c1.O=C(Cl)c1ccccc1. The summed E-state index contributed by atoms with van der Waals surface area (Å²) in [6, 6.07) is 58.8. The molecule has 11 rings (SSSR count). The lowest BCUT2D eigenvalue weighted by Crippen LogP contribution is -2.31. The fraction of sp³-hybridized carbons (Fsp3) is 0.197. The van der Waals surface area contributed by atoms with Gasteiger partial charge in [0.2, 0.25) is 0 Å². The van der Waals surface area contributed by atoms with Crippen LogP contribution < -0.4 is 5.46 Å². The van der Waals surface area contributed by atoms with Crippen molar-refractivity contribution >= 4 is 119 Å². The molecule has 0 saturated heterocycles. The van der Waals surface area contributed by atoms with Crippen LogP contribution in [-0.4, -0.2) is 57.8 Å². The number of H-pyrrole nitrogens is 2. The van der Waals surface area contributed by atoms with Crippen molar-refractivity contribution in [3.63, 3.8) is 0 Å². The summed E-state index contributed by atoms with van der Waals surface area (Å²) < 4.78 is 2.41. The quantitative estimate of drug-likeness (QED) is 0.0990. The summed E-state index contributed by atoms with van der Waals surface area (Å²) in [7, 11) is -1.37. The molecule has 0 unspecified atom stereocenters. The average Bonchev–Trinajstić information content (AvgIpc) is 3.84. The molecule has 0 bridgehead atoms. The largest absolute Gasteiger partial charge is 0.488 e.